The predicted molar refractivity (Wildman–Crippen MR) is 209 cm³/mol. The van der Waals surface area contributed by atoms with Gasteiger partial charge in [0.05, 0.1) is 10.1 Å². The number of carbonyl (C=O) groups is 4. The lowest BCUT2D eigenvalue weighted by Gasteiger charge is -2.18. The second kappa shape index (κ2) is 23.9. The molecule has 0 bridgehead atoms. The molecule has 0 aliphatic carbocycles. The first-order chi connectivity index (χ1) is 26.6. The van der Waals surface area contributed by atoms with E-state index in [0.717, 1.165) is 22.3 Å². The summed E-state index contributed by atoms with van der Waals surface area (Å²) >= 11 is 0. The van der Waals surface area contributed by atoms with Crippen molar-refractivity contribution in [1.29, 1.82) is 0 Å². The van der Waals surface area contributed by atoms with Crippen LogP contribution in [0.15, 0.2) is 85.5 Å². The molecule has 0 saturated heterocycles. The summed E-state index contributed by atoms with van der Waals surface area (Å²) in [5, 5.41) is 0. The molecule has 0 atom stereocenters. The highest BCUT2D eigenvalue weighted by Crippen LogP contribution is 2.36. The van der Waals surface area contributed by atoms with Gasteiger partial charge in [-0.1, -0.05) is 91.8 Å². The average Bonchev–Trinajstić information content (AvgIpc) is 3.12. The van der Waals surface area contributed by atoms with Gasteiger partial charge in [0.1, 0.15) is 22.6 Å². The van der Waals surface area contributed by atoms with Crippen molar-refractivity contribution in [3.63, 3.8) is 0 Å². The van der Waals surface area contributed by atoms with Crippen LogP contribution in [-0.2, 0) is 33.1 Å². The Hall–Kier alpha value is -5.14. The van der Waals surface area contributed by atoms with Crippen molar-refractivity contribution in [2.24, 2.45) is 11.5 Å². The van der Waals surface area contributed by atoms with Gasteiger partial charge in [0.25, 0.3) is 25.3 Å². The number of pyridine rings is 2. The van der Waals surface area contributed by atoms with Crippen LogP contribution >= 0.6 is 0 Å². The number of aromatic nitrogens is 2. The van der Waals surface area contributed by atoms with E-state index < -0.39 is 34.2 Å². The third-order valence-corrected chi connectivity index (χ3v) is 7.96. The number of hydrogen-bond donors (Lipinski definition) is 2. The summed E-state index contributed by atoms with van der Waals surface area (Å²) in [6, 6.07) is 18.2. The minimum atomic E-state index is -3.92. The maximum Gasteiger partial charge on any atom is 0.518 e. The number of nitrogens with two attached hydrogens (primary N) is 2. The summed E-state index contributed by atoms with van der Waals surface area (Å²) in [4.78, 5) is 46.8. The number of para-hydroxylation sites is 2. The third-order valence-electron chi connectivity index (χ3n) is 7.96. The van der Waals surface area contributed by atoms with Crippen LogP contribution in [0.25, 0.3) is 0 Å². The molecule has 0 aliphatic heterocycles. The molecule has 2 amide bonds. The molecule has 2 heterocycles. The SMILES string of the molecule is CC(C)c1cccc(C(C)C)c1OC(=O)OC[n+]1cccc(C(N)=O)c1.CC(C)c1cccc(C(C)C)c1OC(=O)OC[n+]1cccc(C(N)=O)c1.CS(=O)(=O)[O-].[I-]. The molecule has 0 fully saturated rings. The van der Waals surface area contributed by atoms with Crippen molar-refractivity contribution in [2.75, 3.05) is 6.26 Å². The highest BCUT2D eigenvalue weighted by atomic mass is 127. The van der Waals surface area contributed by atoms with Gasteiger partial charge in [-0.05, 0) is 58.1 Å². The fourth-order valence-electron chi connectivity index (χ4n) is 5.18. The third kappa shape index (κ3) is 17.6. The molecule has 17 heteroatoms. The molecular weight excluding hydrogens is 883 g/mol. The van der Waals surface area contributed by atoms with Gasteiger partial charge >= 0.3 is 12.3 Å². The van der Waals surface area contributed by atoms with Gasteiger partial charge in [0, 0.05) is 18.4 Å². The van der Waals surface area contributed by atoms with Crippen LogP contribution in [0.4, 0.5) is 9.59 Å². The van der Waals surface area contributed by atoms with E-state index in [1.807, 2.05) is 91.8 Å². The van der Waals surface area contributed by atoms with E-state index in [2.05, 4.69) is 0 Å². The van der Waals surface area contributed by atoms with E-state index in [1.165, 1.54) is 12.4 Å². The van der Waals surface area contributed by atoms with Crippen molar-refractivity contribution >= 4 is 34.2 Å². The number of benzene rings is 2. The monoisotopic (exact) mass is 936 g/mol. The Morgan fingerprint density at radius 1 is 0.586 bits per heavy atom. The minimum Gasteiger partial charge on any atom is -1.00 e. The zero-order valence-electron chi connectivity index (χ0n) is 34.1. The number of amides is 2. The van der Waals surface area contributed by atoms with Gasteiger partial charge in [0.15, 0.2) is 24.8 Å². The second-order valence-electron chi connectivity index (χ2n) is 14.0. The highest BCUT2D eigenvalue weighted by molar-refractivity contribution is 7.84. The van der Waals surface area contributed by atoms with Crippen molar-refractivity contribution in [3.05, 3.63) is 119 Å². The lowest BCUT2D eigenvalue weighted by atomic mass is 9.94. The van der Waals surface area contributed by atoms with Crippen LogP contribution in [0.1, 0.15) is 122 Å². The van der Waals surface area contributed by atoms with Gasteiger partial charge in [-0.2, -0.15) is 9.13 Å². The molecule has 0 saturated carbocycles. The fraction of sp³-hybridized carbons (Fsp3) is 0.366. The van der Waals surface area contributed by atoms with Gasteiger partial charge < -0.3 is 58.9 Å². The molecular formula is C41H53IN4O11S. The topological polar surface area (TPSA) is 222 Å². The molecule has 2 aromatic carbocycles. The van der Waals surface area contributed by atoms with E-state index in [1.54, 1.807) is 45.8 Å². The molecule has 4 aromatic rings. The normalized spacial score (nSPS) is 10.7. The number of carbonyl (C=O) groups excluding carboxylic acids is 4. The Labute approximate surface area is 357 Å². The lowest BCUT2D eigenvalue weighted by molar-refractivity contribution is -0.728. The zero-order valence-corrected chi connectivity index (χ0v) is 37.1. The molecule has 2 aromatic heterocycles. The number of nitrogens with zero attached hydrogens (tertiary/aromatic N) is 2. The standard InChI is InChI=1S/2C20H24N2O4.CH4O3S.HI/c2*1-13(2)16-8-5-9-17(14(3)4)18(16)26-20(24)25-12-22-10-6-7-15(11-22)19(21)23;1-5(2,3)4;/h2*5-11,13-14H,12H2,1-4H3,(H-,21,23);1H3,(H,2,3,4);1H. The summed E-state index contributed by atoms with van der Waals surface area (Å²) in [6.45, 7) is 16.2. The summed E-state index contributed by atoms with van der Waals surface area (Å²) in [6.07, 6.45) is 5.37. The summed E-state index contributed by atoms with van der Waals surface area (Å²) in [5.41, 5.74) is 15.0. The van der Waals surface area contributed by atoms with Crippen molar-refractivity contribution < 1.29 is 84.2 Å². The Morgan fingerprint density at radius 2 is 0.862 bits per heavy atom. The number of hydrogen-bond acceptors (Lipinski definition) is 11. The Morgan fingerprint density at radius 3 is 1.10 bits per heavy atom. The highest BCUT2D eigenvalue weighted by Gasteiger charge is 2.21. The van der Waals surface area contributed by atoms with E-state index >= 15 is 0 Å². The molecule has 0 spiro atoms. The average molecular weight is 937 g/mol. The molecule has 0 unspecified atom stereocenters. The van der Waals surface area contributed by atoms with E-state index in [9.17, 15) is 19.2 Å². The van der Waals surface area contributed by atoms with Crippen LogP contribution in [0.5, 0.6) is 11.5 Å². The van der Waals surface area contributed by atoms with E-state index in [0.29, 0.717) is 28.9 Å². The quantitative estimate of drug-likeness (QED) is 0.0691. The number of ether oxygens (including phenoxy) is 4. The van der Waals surface area contributed by atoms with Crippen molar-refractivity contribution in [1.82, 2.24) is 0 Å². The molecule has 0 radical (unpaired) electrons. The molecule has 4 N–H and O–H groups in total. The number of rotatable bonds is 12. The van der Waals surface area contributed by atoms with Gasteiger partial charge in [-0.25, -0.2) is 18.0 Å². The molecule has 15 nitrogen and oxygen atoms in total. The second-order valence-corrected chi connectivity index (χ2v) is 15.5. The first-order valence-electron chi connectivity index (χ1n) is 18.0. The van der Waals surface area contributed by atoms with Gasteiger partial charge in [0.2, 0.25) is 0 Å². The molecule has 4 rings (SSSR count). The van der Waals surface area contributed by atoms with Crippen LogP contribution in [0.2, 0.25) is 0 Å². The summed E-state index contributed by atoms with van der Waals surface area (Å²) in [7, 11) is -3.92. The predicted octanol–water partition coefficient (Wildman–Crippen LogP) is 3.15. The largest absolute Gasteiger partial charge is 1.00 e. The van der Waals surface area contributed by atoms with Crippen molar-refractivity contribution in [3.8, 4) is 11.5 Å². The maximum atomic E-state index is 12.2. The van der Waals surface area contributed by atoms with Crippen LogP contribution in [-0.4, -0.2) is 43.4 Å². The Kier molecular flexibility index (Phi) is 21.0. The number of halogens is 1. The fourth-order valence-corrected chi connectivity index (χ4v) is 5.18. The van der Waals surface area contributed by atoms with Crippen LogP contribution < -0.4 is 54.1 Å². The lowest BCUT2D eigenvalue weighted by Crippen LogP contribution is -3.00. The molecule has 58 heavy (non-hydrogen) atoms. The Balaban J connectivity index is 0.000000511. The molecule has 316 valence electrons. The Bertz CT molecular complexity index is 1930. The molecule has 0 aliphatic rings. The van der Waals surface area contributed by atoms with Gasteiger partial charge in [-0.3, -0.25) is 9.59 Å². The van der Waals surface area contributed by atoms with E-state index in [-0.39, 0.29) is 61.1 Å². The summed E-state index contributed by atoms with van der Waals surface area (Å²) < 4.78 is 51.7. The van der Waals surface area contributed by atoms with E-state index in [4.69, 9.17) is 43.4 Å². The van der Waals surface area contributed by atoms with Gasteiger partial charge in [-0.15, -0.1) is 0 Å². The first-order valence-corrected chi connectivity index (χ1v) is 19.8. The maximum absolute atomic E-state index is 12.2. The van der Waals surface area contributed by atoms with Crippen molar-refractivity contribution in [2.45, 2.75) is 92.5 Å². The zero-order chi connectivity index (χ0) is 43.0. The van der Waals surface area contributed by atoms with Crippen LogP contribution in [0.3, 0.4) is 0 Å². The minimum absolute atomic E-state index is 0. The van der Waals surface area contributed by atoms with Crippen LogP contribution in [0, 0.1) is 0 Å². The first kappa shape index (κ1) is 50.9. The summed E-state index contributed by atoms with van der Waals surface area (Å²) in [5.74, 6) is 0.841. The number of primary amides is 2. The smallest absolute Gasteiger partial charge is 0.518 e.